The molecule has 0 saturated carbocycles. The van der Waals surface area contributed by atoms with Gasteiger partial charge in [-0.3, -0.25) is 5.73 Å². The SMILES string of the molecule is COc1ccc(CC2(N)Nc3ccc(Nc4ccnc(Nc5cccc(CS(C)(=O)=O)c5)n4)cc3N2)cc1.Cl. The Morgan fingerprint density at radius 3 is 2.41 bits per heavy atom. The van der Waals surface area contributed by atoms with Crippen molar-refractivity contribution in [1.82, 2.24) is 9.97 Å². The first-order valence-electron chi connectivity index (χ1n) is 11.9. The third-order valence-corrected chi connectivity index (χ3v) is 6.77. The van der Waals surface area contributed by atoms with Gasteiger partial charge in [0.05, 0.1) is 24.2 Å². The third-order valence-electron chi connectivity index (χ3n) is 5.92. The molecule has 1 unspecified atom stereocenters. The van der Waals surface area contributed by atoms with E-state index in [4.69, 9.17) is 10.5 Å². The van der Waals surface area contributed by atoms with E-state index in [9.17, 15) is 8.42 Å². The highest BCUT2D eigenvalue weighted by Crippen LogP contribution is 2.36. The molecule has 1 aliphatic rings. The summed E-state index contributed by atoms with van der Waals surface area (Å²) in [5.74, 6) is 0.921. The van der Waals surface area contributed by atoms with Crippen molar-refractivity contribution in [3.8, 4) is 5.75 Å². The molecular formula is C27H30ClN7O3S. The molecule has 0 spiro atoms. The van der Waals surface area contributed by atoms with Gasteiger partial charge in [-0.05, 0) is 59.7 Å². The van der Waals surface area contributed by atoms with Crippen molar-refractivity contribution in [2.75, 3.05) is 34.6 Å². The topological polar surface area (TPSA) is 143 Å². The summed E-state index contributed by atoms with van der Waals surface area (Å²) in [6.07, 6.45) is 3.43. The van der Waals surface area contributed by atoms with Crippen molar-refractivity contribution in [3.05, 3.63) is 90.1 Å². The van der Waals surface area contributed by atoms with Gasteiger partial charge >= 0.3 is 0 Å². The lowest BCUT2D eigenvalue weighted by molar-refractivity contribution is 0.414. The Morgan fingerprint density at radius 2 is 1.67 bits per heavy atom. The minimum Gasteiger partial charge on any atom is -0.497 e. The van der Waals surface area contributed by atoms with Crippen LogP contribution in [0.3, 0.4) is 0 Å². The highest BCUT2D eigenvalue weighted by molar-refractivity contribution is 7.89. The maximum Gasteiger partial charge on any atom is 0.229 e. The molecule has 10 nitrogen and oxygen atoms in total. The van der Waals surface area contributed by atoms with Crippen LogP contribution in [0.2, 0.25) is 0 Å². The summed E-state index contributed by atoms with van der Waals surface area (Å²) < 4.78 is 28.5. The average Bonchev–Trinajstić information content (AvgIpc) is 3.19. The number of benzene rings is 3. The van der Waals surface area contributed by atoms with Crippen molar-refractivity contribution in [2.24, 2.45) is 5.73 Å². The van der Waals surface area contributed by atoms with Crippen LogP contribution in [0.15, 0.2) is 79.0 Å². The molecule has 0 bridgehead atoms. The van der Waals surface area contributed by atoms with Crippen molar-refractivity contribution in [2.45, 2.75) is 18.0 Å². The molecule has 1 aliphatic heterocycles. The van der Waals surface area contributed by atoms with E-state index in [-0.39, 0.29) is 18.2 Å². The van der Waals surface area contributed by atoms with Gasteiger partial charge in [0.15, 0.2) is 15.6 Å². The molecule has 0 radical (unpaired) electrons. The molecule has 0 fully saturated rings. The summed E-state index contributed by atoms with van der Waals surface area (Å²) in [4.78, 5) is 8.82. The number of sulfone groups is 1. The quantitative estimate of drug-likeness (QED) is 0.194. The maximum atomic E-state index is 11.6. The second kappa shape index (κ2) is 11.4. The van der Waals surface area contributed by atoms with Gasteiger partial charge in [0.2, 0.25) is 5.95 Å². The Bertz CT molecular complexity index is 1570. The van der Waals surface area contributed by atoms with E-state index in [0.717, 1.165) is 28.4 Å². The Balaban J connectivity index is 0.00000353. The molecular weight excluding hydrogens is 538 g/mol. The predicted molar refractivity (Wildman–Crippen MR) is 158 cm³/mol. The number of nitrogens with zero attached hydrogens (tertiary/aromatic N) is 2. The number of hydrogen-bond acceptors (Lipinski definition) is 10. The van der Waals surface area contributed by atoms with Crippen LogP contribution in [-0.4, -0.2) is 37.5 Å². The second-order valence-electron chi connectivity index (χ2n) is 9.29. The van der Waals surface area contributed by atoms with Crippen molar-refractivity contribution in [1.29, 1.82) is 0 Å². The molecule has 1 atom stereocenters. The molecule has 6 N–H and O–H groups in total. The fourth-order valence-electron chi connectivity index (χ4n) is 4.31. The third kappa shape index (κ3) is 7.29. The standard InChI is InChI=1S/C27H29N7O3S.ClH/c1-37-22-9-6-18(7-10-22)16-27(28)33-23-11-8-21(15-24(23)34-27)30-25-12-13-29-26(32-25)31-20-5-3-4-19(14-20)17-38(2,35)36;/h3-15,33-34H,16-17,28H2,1-2H3,(H2,29,30,31,32);1H. The molecule has 12 heteroatoms. The number of ether oxygens (including phenoxy) is 1. The molecule has 0 aliphatic carbocycles. The summed E-state index contributed by atoms with van der Waals surface area (Å²) in [5, 5.41) is 13.2. The van der Waals surface area contributed by atoms with Crippen LogP contribution in [0.25, 0.3) is 0 Å². The number of fused-ring (bicyclic) bond motifs is 1. The van der Waals surface area contributed by atoms with Crippen molar-refractivity contribution in [3.63, 3.8) is 0 Å². The first-order chi connectivity index (χ1) is 18.2. The molecule has 0 saturated heterocycles. The first kappa shape index (κ1) is 28.0. The van der Waals surface area contributed by atoms with Crippen LogP contribution in [0, 0.1) is 0 Å². The number of anilines is 6. The monoisotopic (exact) mass is 567 g/mol. The molecule has 39 heavy (non-hydrogen) atoms. The fourth-order valence-corrected chi connectivity index (χ4v) is 5.09. The highest BCUT2D eigenvalue weighted by Gasteiger charge is 2.32. The van der Waals surface area contributed by atoms with Gasteiger partial charge in [-0.2, -0.15) is 4.98 Å². The largest absolute Gasteiger partial charge is 0.497 e. The van der Waals surface area contributed by atoms with Gasteiger partial charge in [0, 0.05) is 30.2 Å². The van der Waals surface area contributed by atoms with Crippen LogP contribution in [-0.2, 0) is 22.0 Å². The van der Waals surface area contributed by atoms with Gasteiger partial charge in [0.1, 0.15) is 11.6 Å². The van der Waals surface area contributed by atoms with Crippen molar-refractivity contribution < 1.29 is 13.2 Å². The maximum absolute atomic E-state index is 11.6. The summed E-state index contributed by atoms with van der Waals surface area (Å²) >= 11 is 0. The van der Waals surface area contributed by atoms with Crippen molar-refractivity contribution >= 4 is 56.8 Å². The summed E-state index contributed by atoms with van der Waals surface area (Å²) in [7, 11) is -1.49. The highest BCUT2D eigenvalue weighted by atomic mass is 35.5. The number of hydrogen-bond donors (Lipinski definition) is 5. The van der Waals surface area contributed by atoms with E-state index in [1.165, 1.54) is 6.26 Å². The van der Waals surface area contributed by atoms with E-state index >= 15 is 0 Å². The molecule has 1 aromatic heterocycles. The summed E-state index contributed by atoms with van der Waals surface area (Å²) in [6.45, 7) is 0. The zero-order chi connectivity index (χ0) is 26.8. The van der Waals surface area contributed by atoms with Crippen LogP contribution < -0.4 is 31.7 Å². The number of halogens is 1. The molecule has 204 valence electrons. The Hall–Kier alpha value is -4.06. The Morgan fingerprint density at radius 1 is 0.923 bits per heavy atom. The molecule has 5 rings (SSSR count). The van der Waals surface area contributed by atoms with Crippen LogP contribution in [0.4, 0.5) is 34.5 Å². The normalized spacial score (nSPS) is 15.8. The second-order valence-corrected chi connectivity index (χ2v) is 11.4. The van der Waals surface area contributed by atoms with Gasteiger partial charge in [-0.15, -0.1) is 12.4 Å². The van der Waals surface area contributed by atoms with E-state index in [2.05, 4.69) is 31.2 Å². The van der Waals surface area contributed by atoms with E-state index < -0.39 is 15.6 Å². The lowest BCUT2D eigenvalue weighted by Crippen LogP contribution is -2.53. The Labute approximate surface area is 233 Å². The van der Waals surface area contributed by atoms with E-state index in [1.807, 2.05) is 48.5 Å². The number of rotatable bonds is 9. The lowest BCUT2D eigenvalue weighted by atomic mass is 10.1. The number of methoxy groups -OCH3 is 1. The summed E-state index contributed by atoms with van der Waals surface area (Å²) in [6, 6.07) is 22.6. The molecule has 2 heterocycles. The minimum absolute atomic E-state index is 0. The zero-order valence-electron chi connectivity index (χ0n) is 21.4. The minimum atomic E-state index is -3.13. The predicted octanol–water partition coefficient (Wildman–Crippen LogP) is 4.63. The number of aromatic nitrogens is 2. The molecule has 4 aromatic rings. The van der Waals surface area contributed by atoms with Gasteiger partial charge < -0.3 is 26.0 Å². The lowest BCUT2D eigenvalue weighted by Gasteiger charge is -2.26. The van der Waals surface area contributed by atoms with Gasteiger partial charge in [0.25, 0.3) is 0 Å². The number of nitrogens with two attached hydrogens (primary N) is 1. The Kier molecular flexibility index (Phi) is 8.14. The zero-order valence-corrected chi connectivity index (χ0v) is 23.1. The fraction of sp³-hybridized carbons (Fsp3) is 0.185. The van der Waals surface area contributed by atoms with Crippen LogP contribution >= 0.6 is 12.4 Å². The average molecular weight is 568 g/mol. The molecule has 0 amide bonds. The van der Waals surface area contributed by atoms with E-state index in [0.29, 0.717) is 29.4 Å². The molecule has 3 aromatic carbocycles. The van der Waals surface area contributed by atoms with Crippen LogP contribution in [0.1, 0.15) is 11.1 Å². The smallest absolute Gasteiger partial charge is 0.229 e. The van der Waals surface area contributed by atoms with Gasteiger partial charge in [-0.25, -0.2) is 13.4 Å². The van der Waals surface area contributed by atoms with Crippen LogP contribution in [0.5, 0.6) is 5.75 Å². The number of nitrogens with one attached hydrogen (secondary N) is 4. The summed E-state index contributed by atoms with van der Waals surface area (Å²) in [5.41, 5.74) is 11.7. The van der Waals surface area contributed by atoms with Gasteiger partial charge in [-0.1, -0.05) is 24.3 Å². The first-order valence-corrected chi connectivity index (χ1v) is 14.0. The van der Waals surface area contributed by atoms with E-state index in [1.54, 1.807) is 37.6 Å².